The summed E-state index contributed by atoms with van der Waals surface area (Å²) in [6, 6.07) is 17.6. The Labute approximate surface area is 234 Å². The number of nitrogens with zero attached hydrogens (tertiary/aromatic N) is 2. The van der Waals surface area contributed by atoms with Crippen LogP contribution in [0.1, 0.15) is 38.8 Å². The number of benzene rings is 3. The molecule has 10 heteroatoms. The van der Waals surface area contributed by atoms with Gasteiger partial charge in [0.1, 0.15) is 18.4 Å². The molecule has 1 unspecified atom stereocenters. The number of nitrogens with one attached hydrogen (secondary N) is 1. The predicted molar refractivity (Wildman–Crippen MR) is 151 cm³/mol. The maximum Gasteiger partial charge on any atom is 0.264 e. The second kappa shape index (κ2) is 12.2. The topological polar surface area (TPSA) is 86.8 Å². The van der Waals surface area contributed by atoms with Crippen LogP contribution in [0.25, 0.3) is 0 Å². The lowest BCUT2D eigenvalue weighted by Gasteiger charge is -2.33. The normalized spacial score (nSPS) is 12.5. The van der Waals surface area contributed by atoms with Gasteiger partial charge in [0.05, 0.1) is 15.6 Å². The molecule has 3 rings (SSSR count). The molecule has 7 nitrogen and oxygen atoms in total. The maximum absolute atomic E-state index is 14.0. The van der Waals surface area contributed by atoms with Crippen LogP contribution >= 0.6 is 11.6 Å². The van der Waals surface area contributed by atoms with Gasteiger partial charge in [-0.2, -0.15) is 0 Å². The molecule has 2 amide bonds. The average Bonchev–Trinajstić information content (AvgIpc) is 2.86. The summed E-state index contributed by atoms with van der Waals surface area (Å²) < 4.78 is 42.3. The average molecular weight is 574 g/mol. The minimum Gasteiger partial charge on any atom is -0.350 e. The highest BCUT2D eigenvalue weighted by atomic mass is 35.5. The van der Waals surface area contributed by atoms with Crippen molar-refractivity contribution in [3.8, 4) is 0 Å². The number of hydrogen-bond donors (Lipinski definition) is 1. The first kappa shape index (κ1) is 30.1. The van der Waals surface area contributed by atoms with E-state index < -0.39 is 39.9 Å². The van der Waals surface area contributed by atoms with E-state index in [-0.39, 0.29) is 28.1 Å². The molecule has 1 atom stereocenters. The smallest absolute Gasteiger partial charge is 0.264 e. The van der Waals surface area contributed by atoms with E-state index in [2.05, 4.69) is 5.32 Å². The molecule has 0 radical (unpaired) electrons. The molecule has 0 aliphatic rings. The quantitative estimate of drug-likeness (QED) is 0.376. The fourth-order valence-electron chi connectivity index (χ4n) is 3.95. The number of hydrogen-bond acceptors (Lipinski definition) is 4. The van der Waals surface area contributed by atoms with Crippen LogP contribution in [0, 0.1) is 12.7 Å². The van der Waals surface area contributed by atoms with E-state index in [4.69, 9.17) is 11.6 Å². The SMILES string of the molecule is Cc1cccc(CN(C(=O)CN(c2ccc(F)c(Cl)c2)S(=O)(=O)c2ccccc2)C(C)C(=O)NC(C)(C)C)c1. The summed E-state index contributed by atoms with van der Waals surface area (Å²) in [5.74, 6) is -1.73. The van der Waals surface area contributed by atoms with Crippen molar-refractivity contribution in [2.75, 3.05) is 10.8 Å². The summed E-state index contributed by atoms with van der Waals surface area (Å²) in [6.07, 6.45) is 0. The van der Waals surface area contributed by atoms with Crippen molar-refractivity contribution in [2.24, 2.45) is 0 Å². The molecule has 0 heterocycles. The van der Waals surface area contributed by atoms with Gasteiger partial charge < -0.3 is 10.2 Å². The Bertz CT molecular complexity index is 1440. The van der Waals surface area contributed by atoms with Crippen LogP contribution in [0.15, 0.2) is 77.7 Å². The lowest BCUT2D eigenvalue weighted by atomic mass is 10.1. The molecule has 1 N–H and O–H groups in total. The Hall–Kier alpha value is -3.43. The molecular formula is C29H33ClFN3O4S. The van der Waals surface area contributed by atoms with Crippen molar-refractivity contribution in [3.63, 3.8) is 0 Å². The van der Waals surface area contributed by atoms with Gasteiger partial charge in [-0.15, -0.1) is 0 Å². The minimum atomic E-state index is -4.26. The number of aryl methyl sites for hydroxylation is 1. The Kier molecular flexibility index (Phi) is 9.40. The summed E-state index contributed by atoms with van der Waals surface area (Å²) in [5.41, 5.74) is 1.22. The van der Waals surface area contributed by atoms with E-state index in [9.17, 15) is 22.4 Å². The number of halogens is 2. The zero-order chi connectivity index (χ0) is 29.0. The lowest BCUT2D eigenvalue weighted by Crippen LogP contribution is -2.54. The van der Waals surface area contributed by atoms with Crippen molar-refractivity contribution in [1.29, 1.82) is 0 Å². The van der Waals surface area contributed by atoms with E-state index >= 15 is 0 Å². The largest absolute Gasteiger partial charge is 0.350 e. The molecule has 0 saturated heterocycles. The molecule has 39 heavy (non-hydrogen) atoms. The third-order valence-electron chi connectivity index (χ3n) is 5.90. The first-order valence-electron chi connectivity index (χ1n) is 12.4. The molecule has 0 spiro atoms. The summed E-state index contributed by atoms with van der Waals surface area (Å²) >= 11 is 5.98. The van der Waals surface area contributed by atoms with Gasteiger partial charge in [0.2, 0.25) is 11.8 Å². The second-order valence-corrected chi connectivity index (χ2v) is 12.6. The second-order valence-electron chi connectivity index (χ2n) is 10.3. The van der Waals surface area contributed by atoms with Crippen molar-refractivity contribution in [2.45, 2.75) is 57.6 Å². The maximum atomic E-state index is 14.0. The van der Waals surface area contributed by atoms with Crippen LogP contribution in [0.4, 0.5) is 10.1 Å². The Morgan fingerprint density at radius 3 is 2.26 bits per heavy atom. The van der Waals surface area contributed by atoms with Crippen LogP contribution in [-0.2, 0) is 26.2 Å². The highest BCUT2D eigenvalue weighted by molar-refractivity contribution is 7.92. The summed E-state index contributed by atoms with van der Waals surface area (Å²) in [7, 11) is -4.26. The molecule has 3 aromatic carbocycles. The van der Waals surface area contributed by atoms with Gasteiger partial charge in [-0.1, -0.05) is 59.6 Å². The fraction of sp³-hybridized carbons (Fsp3) is 0.310. The zero-order valence-electron chi connectivity index (χ0n) is 22.6. The molecule has 0 fully saturated rings. The van der Waals surface area contributed by atoms with E-state index in [1.54, 1.807) is 25.1 Å². The molecule has 0 bridgehead atoms. The number of anilines is 1. The van der Waals surface area contributed by atoms with Gasteiger partial charge in [-0.25, -0.2) is 12.8 Å². The molecule has 0 aliphatic carbocycles. The van der Waals surface area contributed by atoms with Crippen molar-refractivity contribution >= 4 is 39.1 Å². The van der Waals surface area contributed by atoms with Gasteiger partial charge in [0.15, 0.2) is 0 Å². The number of sulfonamides is 1. The summed E-state index contributed by atoms with van der Waals surface area (Å²) in [4.78, 5) is 28.3. The molecule has 0 aromatic heterocycles. The number of rotatable bonds is 9. The highest BCUT2D eigenvalue weighted by Gasteiger charge is 2.33. The van der Waals surface area contributed by atoms with Crippen LogP contribution < -0.4 is 9.62 Å². The number of carbonyl (C=O) groups is 2. The molecule has 208 valence electrons. The predicted octanol–water partition coefficient (Wildman–Crippen LogP) is 5.31. The van der Waals surface area contributed by atoms with Gasteiger partial charge in [-0.05, 0) is 70.5 Å². The zero-order valence-corrected chi connectivity index (χ0v) is 24.2. The van der Waals surface area contributed by atoms with Gasteiger partial charge in [0, 0.05) is 12.1 Å². The molecule has 3 aromatic rings. The number of carbonyl (C=O) groups excluding carboxylic acids is 2. The number of amides is 2. The molecule has 0 saturated carbocycles. The van der Waals surface area contributed by atoms with E-state index in [1.807, 2.05) is 52.0 Å². The van der Waals surface area contributed by atoms with Crippen LogP contribution in [0.5, 0.6) is 0 Å². The van der Waals surface area contributed by atoms with E-state index in [0.29, 0.717) is 0 Å². The molecule has 0 aliphatic heterocycles. The van der Waals surface area contributed by atoms with Crippen molar-refractivity contribution in [3.05, 3.63) is 94.8 Å². The van der Waals surface area contributed by atoms with Crippen LogP contribution in [0.2, 0.25) is 5.02 Å². The van der Waals surface area contributed by atoms with Gasteiger partial charge >= 0.3 is 0 Å². The first-order valence-corrected chi connectivity index (χ1v) is 14.2. The fourth-order valence-corrected chi connectivity index (χ4v) is 5.55. The molecular weight excluding hydrogens is 541 g/mol. The van der Waals surface area contributed by atoms with Crippen molar-refractivity contribution in [1.82, 2.24) is 10.2 Å². The summed E-state index contributed by atoms with van der Waals surface area (Å²) in [6.45, 7) is 8.43. The Morgan fingerprint density at radius 1 is 1.00 bits per heavy atom. The highest BCUT2D eigenvalue weighted by Crippen LogP contribution is 2.28. The van der Waals surface area contributed by atoms with E-state index in [1.165, 1.54) is 23.1 Å². The standard InChI is InChI=1S/C29H33ClFN3O4S/c1-20-10-9-11-22(16-20)18-33(21(2)28(36)32-29(3,4)5)27(35)19-34(23-14-15-26(31)25(30)17-23)39(37,38)24-12-7-6-8-13-24/h6-17,21H,18-19H2,1-5H3,(H,32,36). The first-order chi connectivity index (χ1) is 18.2. The van der Waals surface area contributed by atoms with Crippen LogP contribution in [-0.4, -0.2) is 43.3 Å². The minimum absolute atomic E-state index is 0.0147. The van der Waals surface area contributed by atoms with E-state index in [0.717, 1.165) is 27.6 Å². The van der Waals surface area contributed by atoms with Crippen molar-refractivity contribution < 1.29 is 22.4 Å². The third kappa shape index (κ3) is 7.80. The summed E-state index contributed by atoms with van der Waals surface area (Å²) in [5, 5.41) is 2.59. The third-order valence-corrected chi connectivity index (χ3v) is 7.98. The lowest BCUT2D eigenvalue weighted by molar-refractivity contribution is -0.140. The Balaban J connectivity index is 2.05. The van der Waals surface area contributed by atoms with Gasteiger partial charge in [0.25, 0.3) is 10.0 Å². The monoisotopic (exact) mass is 573 g/mol. The Morgan fingerprint density at radius 2 is 1.67 bits per heavy atom. The van der Waals surface area contributed by atoms with Gasteiger partial charge in [-0.3, -0.25) is 13.9 Å². The van der Waals surface area contributed by atoms with Crippen LogP contribution in [0.3, 0.4) is 0 Å².